The predicted molar refractivity (Wildman–Crippen MR) is 94.6 cm³/mol. The number of carbonyl (C=O) groups is 2. The molecule has 0 spiro atoms. The molecule has 3 heterocycles. The number of H-pyrrole nitrogens is 1. The van der Waals surface area contributed by atoms with E-state index < -0.39 is 0 Å². The Morgan fingerprint density at radius 2 is 2.20 bits per heavy atom. The van der Waals surface area contributed by atoms with Crippen LogP contribution in [0.5, 0.6) is 0 Å². The fraction of sp³-hybridized carbons (Fsp3) is 0.421. The maximum atomic E-state index is 12.9. The van der Waals surface area contributed by atoms with E-state index in [1.54, 1.807) is 6.07 Å². The van der Waals surface area contributed by atoms with Crippen LogP contribution in [0.15, 0.2) is 30.3 Å². The van der Waals surface area contributed by atoms with Gasteiger partial charge in [0.25, 0.3) is 5.91 Å². The van der Waals surface area contributed by atoms with Crippen LogP contribution in [0.2, 0.25) is 0 Å². The fourth-order valence-corrected chi connectivity index (χ4v) is 3.85. The van der Waals surface area contributed by atoms with Gasteiger partial charge >= 0.3 is 0 Å². The van der Waals surface area contributed by atoms with Crippen molar-refractivity contribution in [3.05, 3.63) is 47.3 Å². The van der Waals surface area contributed by atoms with Gasteiger partial charge in [0.15, 0.2) is 5.69 Å². The van der Waals surface area contributed by atoms with Crippen molar-refractivity contribution in [2.24, 2.45) is 0 Å². The molecule has 0 saturated carbocycles. The second-order valence-electron chi connectivity index (χ2n) is 6.88. The van der Waals surface area contributed by atoms with Crippen LogP contribution in [-0.4, -0.2) is 46.5 Å². The first-order valence-corrected chi connectivity index (χ1v) is 8.84. The summed E-state index contributed by atoms with van der Waals surface area (Å²) >= 11 is 0. The van der Waals surface area contributed by atoms with Crippen LogP contribution >= 0.6 is 0 Å². The zero-order valence-electron chi connectivity index (χ0n) is 14.4. The molecular formula is C19H22N4O2. The van der Waals surface area contributed by atoms with E-state index in [2.05, 4.69) is 16.3 Å². The quantitative estimate of drug-likeness (QED) is 0.931. The lowest BCUT2D eigenvalue weighted by atomic mass is 9.98. The first-order valence-electron chi connectivity index (χ1n) is 8.84. The Hall–Kier alpha value is -2.63. The van der Waals surface area contributed by atoms with E-state index in [4.69, 9.17) is 0 Å². The smallest absolute Gasteiger partial charge is 0.278 e. The number of hydrogen-bond donors (Lipinski definition) is 1. The van der Waals surface area contributed by atoms with Crippen LogP contribution in [0, 0.1) is 6.92 Å². The van der Waals surface area contributed by atoms with Crippen molar-refractivity contribution in [2.75, 3.05) is 24.5 Å². The molecule has 1 N–H and O–H groups in total. The minimum Gasteiger partial charge on any atom is -0.343 e. The summed E-state index contributed by atoms with van der Waals surface area (Å²) in [6.07, 6.45) is 2.51. The number of carbonyl (C=O) groups excluding carboxylic acids is 2. The number of nitrogens with zero attached hydrogens (tertiary/aromatic N) is 3. The average Bonchev–Trinajstić information content (AvgIpc) is 3.31. The number of fused-ring (bicyclic) bond motifs is 1. The van der Waals surface area contributed by atoms with E-state index in [1.807, 2.05) is 34.9 Å². The van der Waals surface area contributed by atoms with Crippen molar-refractivity contribution in [3.8, 4) is 0 Å². The third kappa shape index (κ3) is 2.92. The third-order valence-corrected chi connectivity index (χ3v) is 5.16. The molecule has 6 heteroatoms. The van der Waals surface area contributed by atoms with Gasteiger partial charge in [-0.1, -0.05) is 18.2 Å². The summed E-state index contributed by atoms with van der Waals surface area (Å²) < 4.78 is 0. The van der Waals surface area contributed by atoms with E-state index in [9.17, 15) is 9.59 Å². The molecule has 0 radical (unpaired) electrons. The normalized spacial score (nSPS) is 19.6. The summed E-state index contributed by atoms with van der Waals surface area (Å²) in [6.45, 7) is 4.16. The summed E-state index contributed by atoms with van der Waals surface area (Å²) in [5.74, 6) is 0.441. The maximum absolute atomic E-state index is 12.9. The van der Waals surface area contributed by atoms with Gasteiger partial charge in [0.1, 0.15) is 0 Å². The largest absolute Gasteiger partial charge is 0.343 e. The van der Waals surface area contributed by atoms with Gasteiger partial charge in [-0.3, -0.25) is 14.7 Å². The molecule has 2 aliphatic rings. The molecule has 0 bridgehead atoms. The van der Waals surface area contributed by atoms with Crippen LogP contribution in [0.4, 0.5) is 5.69 Å². The number of aromatic nitrogens is 2. The van der Waals surface area contributed by atoms with Crippen molar-refractivity contribution >= 4 is 17.5 Å². The van der Waals surface area contributed by atoms with Crippen LogP contribution in [0.1, 0.15) is 46.9 Å². The van der Waals surface area contributed by atoms with Gasteiger partial charge in [0, 0.05) is 43.4 Å². The van der Waals surface area contributed by atoms with Crippen molar-refractivity contribution in [1.29, 1.82) is 0 Å². The van der Waals surface area contributed by atoms with Gasteiger partial charge in [-0.05, 0) is 37.5 Å². The number of para-hydroxylation sites is 1. The summed E-state index contributed by atoms with van der Waals surface area (Å²) in [6, 6.07) is 9.84. The van der Waals surface area contributed by atoms with Crippen molar-refractivity contribution in [2.45, 2.75) is 32.1 Å². The number of nitrogens with one attached hydrogen (secondary N) is 1. The minimum absolute atomic E-state index is 0.0726. The number of aromatic amines is 1. The standard InChI is InChI=1S/C19H22N4O2/c1-13-11-16(21-20-13)19(25)23-12-14(15-5-2-3-6-17(15)23)8-10-22-9-4-7-18(22)24/h2-3,5-6,11,14H,4,7-10,12H2,1H3,(H,20,21)/t14-/m1/s1. The highest BCUT2D eigenvalue weighted by molar-refractivity contribution is 6.06. The molecule has 6 nitrogen and oxygen atoms in total. The molecule has 130 valence electrons. The zero-order valence-corrected chi connectivity index (χ0v) is 14.4. The molecule has 2 aromatic rings. The summed E-state index contributed by atoms with van der Waals surface area (Å²) in [5, 5.41) is 6.94. The second kappa shape index (κ2) is 6.35. The highest BCUT2D eigenvalue weighted by Gasteiger charge is 2.34. The molecule has 0 aliphatic carbocycles. The first-order chi connectivity index (χ1) is 12.1. The Balaban J connectivity index is 1.53. The topological polar surface area (TPSA) is 69.3 Å². The van der Waals surface area contributed by atoms with Gasteiger partial charge in [-0.25, -0.2) is 0 Å². The van der Waals surface area contributed by atoms with E-state index >= 15 is 0 Å². The highest BCUT2D eigenvalue weighted by atomic mass is 16.2. The molecule has 1 aromatic carbocycles. The van der Waals surface area contributed by atoms with Crippen LogP contribution in [-0.2, 0) is 4.79 Å². The number of rotatable bonds is 4. The minimum atomic E-state index is -0.0726. The van der Waals surface area contributed by atoms with E-state index in [-0.39, 0.29) is 17.7 Å². The number of aryl methyl sites for hydroxylation is 1. The zero-order chi connectivity index (χ0) is 17.4. The lowest BCUT2D eigenvalue weighted by molar-refractivity contribution is -0.127. The fourth-order valence-electron chi connectivity index (χ4n) is 3.85. The molecule has 1 aromatic heterocycles. The summed E-state index contributed by atoms with van der Waals surface area (Å²) in [7, 11) is 0. The Labute approximate surface area is 146 Å². The first kappa shape index (κ1) is 15.9. The Kier molecular flexibility index (Phi) is 4.03. The Morgan fingerprint density at radius 3 is 2.92 bits per heavy atom. The third-order valence-electron chi connectivity index (χ3n) is 5.16. The summed E-state index contributed by atoms with van der Waals surface area (Å²) in [4.78, 5) is 28.5. The molecule has 4 rings (SSSR count). The lowest BCUT2D eigenvalue weighted by Crippen LogP contribution is -2.31. The molecular weight excluding hydrogens is 316 g/mol. The molecule has 0 unspecified atom stereocenters. The lowest BCUT2D eigenvalue weighted by Gasteiger charge is -2.19. The van der Waals surface area contributed by atoms with Gasteiger partial charge in [0.05, 0.1) is 0 Å². The van der Waals surface area contributed by atoms with Gasteiger partial charge in [-0.15, -0.1) is 0 Å². The summed E-state index contributed by atoms with van der Waals surface area (Å²) in [5.41, 5.74) is 3.48. The number of benzene rings is 1. The molecule has 1 atom stereocenters. The van der Waals surface area contributed by atoms with Crippen LogP contribution < -0.4 is 4.90 Å². The molecule has 2 amide bonds. The molecule has 1 saturated heterocycles. The van der Waals surface area contributed by atoms with E-state index in [1.165, 1.54) is 5.56 Å². The van der Waals surface area contributed by atoms with E-state index in [0.29, 0.717) is 18.7 Å². The SMILES string of the molecule is Cc1cc(C(=O)N2C[C@@H](CCN3CCCC3=O)c3ccccc32)n[nH]1. The maximum Gasteiger partial charge on any atom is 0.278 e. The monoisotopic (exact) mass is 338 g/mol. The highest BCUT2D eigenvalue weighted by Crippen LogP contribution is 2.38. The molecule has 25 heavy (non-hydrogen) atoms. The van der Waals surface area contributed by atoms with Crippen molar-refractivity contribution in [1.82, 2.24) is 15.1 Å². The van der Waals surface area contributed by atoms with Gasteiger partial charge in [-0.2, -0.15) is 5.10 Å². The van der Waals surface area contributed by atoms with Crippen molar-refractivity contribution < 1.29 is 9.59 Å². The van der Waals surface area contributed by atoms with Gasteiger partial charge in [0.2, 0.25) is 5.91 Å². The Morgan fingerprint density at radius 1 is 1.36 bits per heavy atom. The molecule has 2 aliphatic heterocycles. The number of likely N-dealkylation sites (tertiary alicyclic amines) is 1. The predicted octanol–water partition coefficient (Wildman–Crippen LogP) is 2.47. The van der Waals surface area contributed by atoms with Gasteiger partial charge < -0.3 is 9.80 Å². The van der Waals surface area contributed by atoms with Crippen LogP contribution in [0.3, 0.4) is 0 Å². The number of hydrogen-bond acceptors (Lipinski definition) is 3. The van der Waals surface area contributed by atoms with Crippen LogP contribution in [0.25, 0.3) is 0 Å². The number of amides is 2. The average molecular weight is 338 g/mol. The number of anilines is 1. The van der Waals surface area contributed by atoms with E-state index in [0.717, 1.165) is 37.3 Å². The van der Waals surface area contributed by atoms with Crippen molar-refractivity contribution in [3.63, 3.8) is 0 Å². The second-order valence-corrected chi connectivity index (χ2v) is 6.88. The Bertz CT molecular complexity index is 813. The molecule has 1 fully saturated rings.